The van der Waals surface area contributed by atoms with Crippen LogP contribution in [0.5, 0.6) is 5.75 Å². The van der Waals surface area contributed by atoms with Crippen LogP contribution in [-0.2, 0) is 0 Å². The van der Waals surface area contributed by atoms with Crippen molar-refractivity contribution in [2.24, 2.45) is 0 Å². The molecule has 2 N–H and O–H groups in total. The predicted molar refractivity (Wildman–Crippen MR) is 42.4 cm³/mol. The molecule has 0 aliphatic rings. The van der Waals surface area contributed by atoms with Gasteiger partial charge in [-0.25, -0.2) is 0 Å². The van der Waals surface area contributed by atoms with Gasteiger partial charge in [0.05, 0.1) is 0 Å². The average molecular weight is 209 g/mol. The van der Waals surface area contributed by atoms with Crippen molar-refractivity contribution in [2.45, 2.75) is 12.5 Å². The summed E-state index contributed by atoms with van der Waals surface area (Å²) in [5.74, 6) is -0.218. The van der Waals surface area contributed by atoms with Gasteiger partial charge >= 0.3 is 12.5 Å². The average Bonchev–Trinajstić information content (AvgIpc) is 2.07. The minimum atomic E-state index is -5.01. The molecule has 0 amide bonds. The lowest BCUT2D eigenvalue weighted by atomic mass is 10.3. The fourth-order valence-electron chi connectivity index (χ4n) is 0.733. The molecule has 0 spiro atoms. The molecule has 1 rings (SSSR count). The minimum absolute atomic E-state index is 0.218. The smallest absolute Gasteiger partial charge is 0.452 e. The fourth-order valence-corrected chi connectivity index (χ4v) is 0.733. The van der Waals surface area contributed by atoms with Crippen LogP contribution in [0.2, 0.25) is 0 Å². The molecule has 0 heterocycles. The molecule has 0 fully saturated rings. The third-order valence-electron chi connectivity index (χ3n) is 1.38. The van der Waals surface area contributed by atoms with Crippen molar-refractivity contribution in [1.82, 2.24) is 0 Å². The van der Waals surface area contributed by atoms with Crippen LogP contribution in [0.4, 0.5) is 23.2 Å². The highest BCUT2D eigenvalue weighted by Crippen LogP contribution is 2.26. The molecule has 0 radical (unpaired) electrons. The van der Waals surface area contributed by atoms with E-state index in [2.05, 4.69) is 4.74 Å². The summed E-state index contributed by atoms with van der Waals surface area (Å²) in [5.41, 5.74) is 5.63. The van der Waals surface area contributed by atoms with E-state index in [1.165, 1.54) is 12.1 Å². The number of alkyl halides is 4. The first-order valence-corrected chi connectivity index (χ1v) is 3.62. The Kier molecular flexibility index (Phi) is 2.83. The Labute approximate surface area is 77.3 Å². The number of rotatable bonds is 2. The van der Waals surface area contributed by atoms with Crippen molar-refractivity contribution in [3.05, 3.63) is 24.3 Å². The number of nitrogens with two attached hydrogens (primary N) is 1. The van der Waals surface area contributed by atoms with Gasteiger partial charge in [-0.1, -0.05) is 0 Å². The van der Waals surface area contributed by atoms with E-state index in [0.29, 0.717) is 5.69 Å². The van der Waals surface area contributed by atoms with Gasteiger partial charge in [0.15, 0.2) is 0 Å². The highest BCUT2D eigenvalue weighted by molar-refractivity contribution is 5.41. The maximum atomic E-state index is 12.3. The van der Waals surface area contributed by atoms with Crippen molar-refractivity contribution in [3.8, 4) is 5.75 Å². The number of nitrogen functional groups attached to an aromatic ring is 1. The monoisotopic (exact) mass is 209 g/mol. The zero-order valence-electron chi connectivity index (χ0n) is 6.88. The molecule has 2 nitrogen and oxygen atoms in total. The van der Waals surface area contributed by atoms with E-state index in [9.17, 15) is 17.6 Å². The van der Waals surface area contributed by atoms with Crippen LogP contribution >= 0.6 is 0 Å². The van der Waals surface area contributed by atoms with Gasteiger partial charge in [-0.05, 0) is 24.3 Å². The van der Waals surface area contributed by atoms with E-state index >= 15 is 0 Å². The zero-order valence-corrected chi connectivity index (χ0v) is 6.88. The van der Waals surface area contributed by atoms with E-state index in [4.69, 9.17) is 5.73 Å². The van der Waals surface area contributed by atoms with Gasteiger partial charge in [-0.3, -0.25) is 0 Å². The standard InChI is InChI=1S/C8H7F4NO/c9-7(8(10,11)12)14-6-3-1-5(13)2-4-6/h1-4,7H,13H2. The van der Waals surface area contributed by atoms with E-state index in [-0.39, 0.29) is 5.75 Å². The topological polar surface area (TPSA) is 35.2 Å². The van der Waals surface area contributed by atoms with Crippen molar-refractivity contribution in [2.75, 3.05) is 5.73 Å². The normalized spacial score (nSPS) is 13.7. The molecule has 1 aromatic carbocycles. The van der Waals surface area contributed by atoms with Gasteiger partial charge in [-0.15, -0.1) is 0 Å². The Morgan fingerprint density at radius 2 is 1.64 bits per heavy atom. The third-order valence-corrected chi connectivity index (χ3v) is 1.38. The Morgan fingerprint density at radius 1 is 1.14 bits per heavy atom. The molecule has 0 aliphatic carbocycles. The van der Waals surface area contributed by atoms with Gasteiger partial charge in [0.1, 0.15) is 5.75 Å². The molecule has 1 aromatic rings. The SMILES string of the molecule is Nc1ccc(OC(F)C(F)(F)F)cc1. The molecule has 0 saturated carbocycles. The van der Waals surface area contributed by atoms with Crippen molar-refractivity contribution < 1.29 is 22.3 Å². The summed E-state index contributed by atoms with van der Waals surface area (Å²) >= 11 is 0. The molecule has 1 unspecified atom stereocenters. The summed E-state index contributed by atoms with van der Waals surface area (Å²) < 4.78 is 51.4. The van der Waals surface area contributed by atoms with E-state index < -0.39 is 12.5 Å². The van der Waals surface area contributed by atoms with E-state index in [1.54, 1.807) is 0 Å². The van der Waals surface area contributed by atoms with Crippen LogP contribution in [0.3, 0.4) is 0 Å². The predicted octanol–water partition coefficient (Wildman–Crippen LogP) is 2.51. The molecular weight excluding hydrogens is 202 g/mol. The van der Waals surface area contributed by atoms with Crippen molar-refractivity contribution in [1.29, 1.82) is 0 Å². The number of halogens is 4. The molecular formula is C8H7F4NO. The molecule has 0 aliphatic heterocycles. The summed E-state index contributed by atoms with van der Waals surface area (Å²) in [6.07, 6.45) is -8.33. The largest absolute Gasteiger partial charge is 0.457 e. The highest BCUT2D eigenvalue weighted by atomic mass is 19.4. The Morgan fingerprint density at radius 3 is 2.07 bits per heavy atom. The first kappa shape index (κ1) is 10.6. The summed E-state index contributed by atoms with van der Waals surface area (Å²) in [6, 6.07) is 4.96. The number of anilines is 1. The molecule has 0 aromatic heterocycles. The first-order valence-electron chi connectivity index (χ1n) is 3.62. The molecule has 6 heteroatoms. The van der Waals surface area contributed by atoms with E-state index in [1.807, 2.05) is 0 Å². The number of hydrogen-bond acceptors (Lipinski definition) is 2. The van der Waals surface area contributed by atoms with Gasteiger partial charge in [0.2, 0.25) is 0 Å². The lowest BCUT2D eigenvalue weighted by molar-refractivity contribution is -0.236. The second kappa shape index (κ2) is 3.73. The molecule has 78 valence electrons. The Bertz CT molecular complexity index is 295. The van der Waals surface area contributed by atoms with Crippen LogP contribution in [0.1, 0.15) is 0 Å². The Hall–Kier alpha value is -1.46. The third kappa shape index (κ3) is 2.79. The van der Waals surface area contributed by atoms with Crippen LogP contribution in [0.15, 0.2) is 24.3 Å². The van der Waals surface area contributed by atoms with Gasteiger partial charge < -0.3 is 10.5 Å². The second-order valence-corrected chi connectivity index (χ2v) is 2.54. The highest BCUT2D eigenvalue weighted by Gasteiger charge is 2.42. The summed E-state index contributed by atoms with van der Waals surface area (Å²) in [4.78, 5) is 0. The fraction of sp³-hybridized carbons (Fsp3) is 0.250. The summed E-state index contributed by atoms with van der Waals surface area (Å²) in [5, 5.41) is 0. The van der Waals surface area contributed by atoms with Crippen LogP contribution in [-0.4, -0.2) is 12.5 Å². The molecule has 0 bridgehead atoms. The first-order chi connectivity index (χ1) is 6.39. The molecule has 0 saturated heterocycles. The van der Waals surface area contributed by atoms with E-state index in [0.717, 1.165) is 12.1 Å². The lowest BCUT2D eigenvalue weighted by Gasteiger charge is -2.13. The second-order valence-electron chi connectivity index (χ2n) is 2.54. The van der Waals surface area contributed by atoms with Crippen molar-refractivity contribution >= 4 is 5.69 Å². The van der Waals surface area contributed by atoms with Crippen LogP contribution in [0.25, 0.3) is 0 Å². The van der Waals surface area contributed by atoms with Gasteiger partial charge in [0.25, 0.3) is 0 Å². The quantitative estimate of drug-likeness (QED) is 0.600. The maximum absolute atomic E-state index is 12.3. The lowest BCUT2D eigenvalue weighted by Crippen LogP contribution is -2.29. The van der Waals surface area contributed by atoms with Crippen molar-refractivity contribution in [3.63, 3.8) is 0 Å². The number of benzene rings is 1. The number of hydrogen-bond donors (Lipinski definition) is 1. The van der Waals surface area contributed by atoms with Gasteiger partial charge in [0, 0.05) is 5.69 Å². The van der Waals surface area contributed by atoms with Crippen LogP contribution in [0, 0.1) is 0 Å². The molecule has 14 heavy (non-hydrogen) atoms. The molecule has 1 atom stereocenters. The minimum Gasteiger partial charge on any atom is -0.452 e. The summed E-state index contributed by atoms with van der Waals surface area (Å²) in [7, 11) is 0. The van der Waals surface area contributed by atoms with Gasteiger partial charge in [-0.2, -0.15) is 17.6 Å². The van der Waals surface area contributed by atoms with Crippen LogP contribution < -0.4 is 10.5 Å². The number of ether oxygens (including phenoxy) is 1. The summed E-state index contributed by atoms with van der Waals surface area (Å²) in [6.45, 7) is 0. The zero-order chi connectivity index (χ0) is 10.8. The Balaban J connectivity index is 2.65. The maximum Gasteiger partial charge on any atom is 0.457 e.